The number of alkyl carbamates (subject to hydrolysis) is 1. The van der Waals surface area contributed by atoms with Crippen molar-refractivity contribution < 1.29 is 23.9 Å². The Bertz CT molecular complexity index is 977. The van der Waals surface area contributed by atoms with Gasteiger partial charge in [0.15, 0.2) is 0 Å². The average molecular weight is 466 g/mol. The zero-order valence-corrected chi connectivity index (χ0v) is 19.1. The van der Waals surface area contributed by atoms with Crippen molar-refractivity contribution in [2.75, 3.05) is 18.5 Å². The highest BCUT2D eigenvalue weighted by molar-refractivity contribution is 5.98. The number of hydrogen-bond donors (Lipinski definition) is 3. The van der Waals surface area contributed by atoms with E-state index in [1.165, 1.54) is 0 Å². The molecule has 0 radical (unpaired) electrons. The maximum atomic E-state index is 12.9. The van der Waals surface area contributed by atoms with E-state index in [-0.39, 0.29) is 18.4 Å². The summed E-state index contributed by atoms with van der Waals surface area (Å²) in [5.41, 5.74) is 1.47. The highest BCUT2D eigenvalue weighted by atomic mass is 16.5. The van der Waals surface area contributed by atoms with Gasteiger partial charge in [-0.3, -0.25) is 9.59 Å². The molecule has 3 rings (SSSR count). The first-order valence-corrected chi connectivity index (χ1v) is 11.5. The van der Waals surface area contributed by atoms with Crippen molar-refractivity contribution in [2.45, 2.75) is 44.8 Å². The minimum atomic E-state index is -0.685. The van der Waals surface area contributed by atoms with Crippen molar-refractivity contribution in [3.8, 4) is 5.75 Å². The number of rotatable bonds is 7. The Kier molecular flexibility index (Phi) is 9.98. The van der Waals surface area contributed by atoms with E-state index in [2.05, 4.69) is 16.0 Å². The third-order valence-corrected chi connectivity index (χ3v) is 5.24. The highest BCUT2D eigenvalue weighted by Crippen LogP contribution is 2.24. The highest BCUT2D eigenvalue weighted by Gasteiger charge is 2.21. The summed E-state index contributed by atoms with van der Waals surface area (Å²) in [6.07, 6.45) is 5.85. The molecule has 2 aromatic carbocycles. The minimum absolute atomic E-state index is 0.180. The van der Waals surface area contributed by atoms with Crippen LogP contribution in [0.2, 0.25) is 0 Å². The number of carbonyl (C=O) groups is 3. The number of benzene rings is 2. The van der Waals surface area contributed by atoms with E-state index in [4.69, 9.17) is 9.47 Å². The quantitative estimate of drug-likeness (QED) is 0.424. The van der Waals surface area contributed by atoms with Crippen LogP contribution < -0.4 is 20.7 Å². The SMILES string of the molecule is O=C1CC/C=C\COc2ccccc2NC(=O)[C@H](CCCCNC(=O)OCc2ccccc2)N1. The zero-order chi connectivity index (χ0) is 24.0. The predicted octanol–water partition coefficient (Wildman–Crippen LogP) is 3.94. The summed E-state index contributed by atoms with van der Waals surface area (Å²) in [5, 5.41) is 8.42. The molecule has 1 heterocycles. The number of hydrogen-bond acceptors (Lipinski definition) is 5. The molecule has 0 saturated carbocycles. The van der Waals surface area contributed by atoms with Gasteiger partial charge in [0.2, 0.25) is 11.8 Å². The van der Waals surface area contributed by atoms with Gasteiger partial charge in [-0.25, -0.2) is 4.79 Å². The fourth-order valence-electron chi connectivity index (χ4n) is 3.43. The van der Waals surface area contributed by atoms with E-state index in [0.717, 1.165) is 5.56 Å². The Morgan fingerprint density at radius 3 is 2.68 bits per heavy atom. The van der Waals surface area contributed by atoms with Crippen LogP contribution in [0, 0.1) is 0 Å². The van der Waals surface area contributed by atoms with E-state index in [1.807, 2.05) is 54.6 Å². The molecular weight excluding hydrogens is 434 g/mol. The van der Waals surface area contributed by atoms with E-state index >= 15 is 0 Å². The lowest BCUT2D eigenvalue weighted by atomic mass is 10.1. The summed E-state index contributed by atoms with van der Waals surface area (Å²) in [7, 11) is 0. The maximum Gasteiger partial charge on any atom is 0.407 e. The molecule has 3 N–H and O–H groups in total. The van der Waals surface area contributed by atoms with Crippen LogP contribution in [0.4, 0.5) is 10.5 Å². The third-order valence-electron chi connectivity index (χ3n) is 5.24. The number of ether oxygens (including phenoxy) is 2. The third kappa shape index (κ3) is 8.61. The van der Waals surface area contributed by atoms with Crippen LogP contribution >= 0.6 is 0 Å². The molecular formula is C26H31N3O5. The van der Waals surface area contributed by atoms with Crippen LogP contribution in [0.25, 0.3) is 0 Å². The molecule has 0 spiro atoms. The van der Waals surface area contributed by atoms with Gasteiger partial charge >= 0.3 is 6.09 Å². The van der Waals surface area contributed by atoms with Crippen molar-refractivity contribution in [1.29, 1.82) is 0 Å². The predicted molar refractivity (Wildman–Crippen MR) is 129 cm³/mol. The first-order valence-electron chi connectivity index (χ1n) is 11.5. The summed E-state index contributed by atoms with van der Waals surface area (Å²) in [6.45, 7) is 0.984. The summed E-state index contributed by atoms with van der Waals surface area (Å²) in [6, 6.07) is 16.0. The second kappa shape index (κ2) is 13.7. The van der Waals surface area contributed by atoms with Crippen molar-refractivity contribution in [2.24, 2.45) is 0 Å². The van der Waals surface area contributed by atoms with Crippen LogP contribution in [-0.2, 0) is 20.9 Å². The lowest BCUT2D eigenvalue weighted by Gasteiger charge is -2.19. The lowest BCUT2D eigenvalue weighted by molar-refractivity contribution is -0.126. The van der Waals surface area contributed by atoms with Crippen LogP contribution in [-0.4, -0.2) is 37.1 Å². The van der Waals surface area contributed by atoms with E-state index < -0.39 is 12.1 Å². The van der Waals surface area contributed by atoms with Gasteiger partial charge in [-0.05, 0) is 43.4 Å². The number of para-hydroxylation sites is 2. The summed E-state index contributed by atoms with van der Waals surface area (Å²) < 4.78 is 10.9. The number of anilines is 1. The molecule has 3 amide bonds. The normalized spacial score (nSPS) is 17.4. The molecule has 0 saturated heterocycles. The van der Waals surface area contributed by atoms with Gasteiger partial charge in [-0.2, -0.15) is 0 Å². The van der Waals surface area contributed by atoms with Crippen molar-refractivity contribution in [1.82, 2.24) is 10.6 Å². The molecule has 0 aromatic heterocycles. The number of allylic oxidation sites excluding steroid dienone is 1. The molecule has 0 unspecified atom stereocenters. The smallest absolute Gasteiger partial charge is 0.407 e. The lowest BCUT2D eigenvalue weighted by Crippen LogP contribution is -2.43. The summed E-state index contributed by atoms with van der Waals surface area (Å²) >= 11 is 0. The molecule has 34 heavy (non-hydrogen) atoms. The molecule has 1 aliphatic heterocycles. The van der Waals surface area contributed by atoms with Gasteiger partial charge in [0, 0.05) is 13.0 Å². The number of unbranched alkanes of at least 4 members (excludes halogenated alkanes) is 1. The Balaban J connectivity index is 1.47. The molecule has 2 aromatic rings. The zero-order valence-electron chi connectivity index (χ0n) is 19.1. The summed E-state index contributed by atoms with van der Waals surface area (Å²) in [5.74, 6) is 0.0933. The van der Waals surface area contributed by atoms with E-state index in [9.17, 15) is 14.4 Å². The standard InChI is InChI=1S/C26H31N3O5/c30-24-16-5-2-10-18-33-23-15-7-6-13-21(23)29-25(31)22(28-24)14-8-9-17-27-26(32)34-19-20-11-3-1-4-12-20/h1-4,6-7,10-13,15,22H,5,8-9,14,16-19H2,(H,27,32)(H,28,30)(H,29,31)/b10-2-/t22-/m0/s1. The number of nitrogens with one attached hydrogen (secondary N) is 3. The van der Waals surface area contributed by atoms with Crippen molar-refractivity contribution >= 4 is 23.6 Å². The Hall–Kier alpha value is -3.81. The second-order valence-corrected chi connectivity index (χ2v) is 7.91. The van der Waals surface area contributed by atoms with Gasteiger partial charge in [-0.1, -0.05) is 54.6 Å². The molecule has 0 fully saturated rings. The van der Waals surface area contributed by atoms with Gasteiger partial charge in [0.05, 0.1) is 5.69 Å². The maximum absolute atomic E-state index is 12.9. The second-order valence-electron chi connectivity index (χ2n) is 7.91. The van der Waals surface area contributed by atoms with Crippen LogP contribution in [0.15, 0.2) is 66.7 Å². The molecule has 180 valence electrons. The minimum Gasteiger partial charge on any atom is -0.487 e. The fourth-order valence-corrected chi connectivity index (χ4v) is 3.43. The Morgan fingerprint density at radius 1 is 1.03 bits per heavy atom. The molecule has 8 heteroatoms. The number of carbonyl (C=O) groups excluding carboxylic acids is 3. The van der Waals surface area contributed by atoms with Crippen molar-refractivity contribution in [3.63, 3.8) is 0 Å². The number of fused-ring (bicyclic) bond motifs is 1. The monoisotopic (exact) mass is 465 g/mol. The van der Waals surface area contributed by atoms with Crippen LogP contribution in [0.5, 0.6) is 5.75 Å². The average Bonchev–Trinajstić information content (AvgIpc) is 2.86. The first kappa shape index (κ1) is 24.8. The largest absolute Gasteiger partial charge is 0.487 e. The Morgan fingerprint density at radius 2 is 1.82 bits per heavy atom. The molecule has 1 atom stereocenters. The van der Waals surface area contributed by atoms with Crippen LogP contribution in [0.3, 0.4) is 0 Å². The van der Waals surface area contributed by atoms with E-state index in [0.29, 0.717) is 56.7 Å². The van der Waals surface area contributed by atoms with Gasteiger partial charge in [-0.15, -0.1) is 0 Å². The topological polar surface area (TPSA) is 106 Å². The van der Waals surface area contributed by atoms with E-state index in [1.54, 1.807) is 12.1 Å². The van der Waals surface area contributed by atoms with Gasteiger partial charge in [0.1, 0.15) is 25.0 Å². The molecule has 0 aliphatic carbocycles. The van der Waals surface area contributed by atoms with Gasteiger partial charge < -0.3 is 25.4 Å². The first-order chi connectivity index (χ1) is 16.6. The Labute approximate surface area is 199 Å². The fraction of sp³-hybridized carbons (Fsp3) is 0.346. The van der Waals surface area contributed by atoms with Crippen molar-refractivity contribution in [3.05, 3.63) is 72.3 Å². The van der Waals surface area contributed by atoms with Crippen LogP contribution in [0.1, 0.15) is 37.7 Å². The molecule has 0 bridgehead atoms. The molecule has 8 nitrogen and oxygen atoms in total. The summed E-state index contributed by atoms with van der Waals surface area (Å²) in [4.78, 5) is 37.1. The molecule has 1 aliphatic rings. The number of amides is 3. The van der Waals surface area contributed by atoms with Gasteiger partial charge in [0.25, 0.3) is 0 Å².